The fourth-order valence-electron chi connectivity index (χ4n) is 6.13. The van der Waals surface area contributed by atoms with Crippen LogP contribution in [0.15, 0.2) is 101 Å². The molecule has 2 N–H and O–H groups in total. The van der Waals surface area contributed by atoms with Crippen molar-refractivity contribution in [2.75, 3.05) is 12.4 Å². The normalized spacial score (nSPS) is 22.1. The van der Waals surface area contributed by atoms with Crippen LogP contribution in [0.1, 0.15) is 43.2 Å². The zero-order valence-electron chi connectivity index (χ0n) is 24.4. The smallest absolute Gasteiger partial charge is 0.280 e. The van der Waals surface area contributed by atoms with Gasteiger partial charge in [0.1, 0.15) is 16.9 Å². The molecule has 1 saturated heterocycles. The van der Waals surface area contributed by atoms with Gasteiger partial charge in [-0.25, -0.2) is 9.37 Å². The molecule has 0 bridgehead atoms. The summed E-state index contributed by atoms with van der Waals surface area (Å²) in [5.41, 5.74) is 0.412. The number of nitrogens with one attached hydrogen (secondary N) is 2. The number of benzene rings is 3. The van der Waals surface area contributed by atoms with Crippen molar-refractivity contribution in [3.05, 3.63) is 118 Å². The van der Waals surface area contributed by atoms with Gasteiger partial charge in [-0.2, -0.15) is 9.50 Å². The topological polar surface area (TPSA) is 106 Å². The molecule has 4 atom stereocenters. The Morgan fingerprint density at radius 3 is 2.27 bits per heavy atom. The third kappa shape index (κ3) is 4.84. The van der Waals surface area contributed by atoms with Crippen molar-refractivity contribution in [3.63, 3.8) is 0 Å². The zero-order valence-corrected chi connectivity index (χ0v) is 25.2. The summed E-state index contributed by atoms with van der Waals surface area (Å²) in [6.45, 7) is 3.63. The molecular formula is C33H32ClFN6O3. The number of alkyl halides is 1. The van der Waals surface area contributed by atoms with Gasteiger partial charge in [-0.05, 0) is 35.2 Å². The molecule has 6 rings (SSSR count). The second-order valence-electron chi connectivity index (χ2n) is 10.9. The molecule has 0 unspecified atom stereocenters. The van der Waals surface area contributed by atoms with Crippen LogP contribution >= 0.6 is 11.8 Å². The molecule has 1 aliphatic heterocycles. The molecule has 0 spiro atoms. The number of nitrogens with zero attached hydrogens (tertiary/aromatic N) is 4. The number of hydrogen-bond acceptors (Lipinski definition) is 7. The predicted octanol–water partition coefficient (Wildman–Crippen LogP) is 6.41. The SMILES string of the molecule is CC[C@@]1(/C=N/Cl)O[C@@H](n2cnc3c(=O)[nH]c(NC(c4ccccc4)(c4ccccc4)c4ccc(OC)cc4)nc32)[C@H](F)[C@@H]1C. The van der Waals surface area contributed by atoms with Crippen molar-refractivity contribution in [2.24, 2.45) is 10.4 Å². The molecule has 3 heterocycles. The van der Waals surface area contributed by atoms with Gasteiger partial charge in [0, 0.05) is 17.7 Å². The van der Waals surface area contributed by atoms with E-state index in [4.69, 9.17) is 26.2 Å². The van der Waals surface area contributed by atoms with Crippen LogP contribution in [0.25, 0.3) is 11.2 Å². The average Bonchev–Trinajstić information content (AvgIpc) is 3.60. The molecule has 0 aliphatic carbocycles. The van der Waals surface area contributed by atoms with Gasteiger partial charge < -0.3 is 14.8 Å². The molecule has 2 aromatic heterocycles. The summed E-state index contributed by atoms with van der Waals surface area (Å²) in [6.07, 6.45) is 0.733. The molecule has 9 nitrogen and oxygen atoms in total. The number of H-pyrrole nitrogens is 1. The van der Waals surface area contributed by atoms with Crippen molar-refractivity contribution >= 4 is 35.1 Å². The van der Waals surface area contributed by atoms with Gasteiger partial charge in [0.25, 0.3) is 5.56 Å². The van der Waals surface area contributed by atoms with Gasteiger partial charge in [0.15, 0.2) is 23.6 Å². The largest absolute Gasteiger partial charge is 0.497 e. The monoisotopic (exact) mass is 614 g/mol. The number of imidazole rings is 1. The third-order valence-corrected chi connectivity index (χ3v) is 8.73. The molecular weight excluding hydrogens is 583 g/mol. The number of aromatic amines is 1. The Bertz CT molecular complexity index is 1790. The minimum absolute atomic E-state index is 0.0634. The fraction of sp³-hybridized carbons (Fsp3) is 0.273. The molecule has 226 valence electrons. The maximum absolute atomic E-state index is 15.9. The molecule has 1 fully saturated rings. The van der Waals surface area contributed by atoms with Crippen LogP contribution in [-0.4, -0.2) is 44.6 Å². The summed E-state index contributed by atoms with van der Waals surface area (Å²) in [7, 11) is 1.62. The second kappa shape index (κ2) is 11.9. The van der Waals surface area contributed by atoms with Crippen LogP contribution < -0.4 is 15.6 Å². The lowest BCUT2D eigenvalue weighted by atomic mass is 9.77. The zero-order chi connectivity index (χ0) is 30.9. The number of hydrogen-bond donors (Lipinski definition) is 2. The van der Waals surface area contributed by atoms with Gasteiger partial charge in [-0.15, -0.1) is 0 Å². The second-order valence-corrected chi connectivity index (χ2v) is 11.0. The van der Waals surface area contributed by atoms with Crippen molar-refractivity contribution in [1.82, 2.24) is 19.5 Å². The van der Waals surface area contributed by atoms with E-state index in [0.29, 0.717) is 12.2 Å². The van der Waals surface area contributed by atoms with Crippen LogP contribution in [0.2, 0.25) is 0 Å². The number of rotatable bonds is 9. The van der Waals surface area contributed by atoms with E-state index in [1.54, 1.807) is 14.0 Å². The number of methoxy groups -OCH3 is 1. The number of anilines is 1. The first-order valence-electron chi connectivity index (χ1n) is 14.3. The van der Waals surface area contributed by atoms with Crippen molar-refractivity contribution in [1.29, 1.82) is 0 Å². The Balaban J connectivity index is 1.53. The van der Waals surface area contributed by atoms with E-state index in [1.165, 1.54) is 17.1 Å². The van der Waals surface area contributed by atoms with Gasteiger partial charge in [0.2, 0.25) is 5.95 Å². The molecule has 1 aliphatic rings. The van der Waals surface area contributed by atoms with E-state index >= 15 is 4.39 Å². The highest BCUT2D eigenvalue weighted by atomic mass is 35.5. The molecule has 0 saturated carbocycles. The lowest BCUT2D eigenvalue weighted by Crippen LogP contribution is -2.39. The highest BCUT2D eigenvalue weighted by Gasteiger charge is 2.53. The van der Waals surface area contributed by atoms with E-state index in [9.17, 15) is 4.79 Å². The quantitative estimate of drug-likeness (QED) is 0.147. The highest BCUT2D eigenvalue weighted by Crippen LogP contribution is 2.45. The minimum Gasteiger partial charge on any atom is -0.497 e. The van der Waals surface area contributed by atoms with Crippen LogP contribution in [0.5, 0.6) is 5.75 Å². The molecule has 44 heavy (non-hydrogen) atoms. The Labute approximate surface area is 258 Å². The molecule has 0 amide bonds. The summed E-state index contributed by atoms with van der Waals surface area (Å²) in [6, 6.07) is 27.5. The molecule has 11 heteroatoms. The van der Waals surface area contributed by atoms with E-state index < -0.39 is 35.0 Å². The van der Waals surface area contributed by atoms with Gasteiger partial charge in [-0.3, -0.25) is 14.3 Å². The van der Waals surface area contributed by atoms with E-state index in [1.807, 2.05) is 91.9 Å². The van der Waals surface area contributed by atoms with Crippen molar-refractivity contribution < 1.29 is 13.9 Å². The van der Waals surface area contributed by atoms with Crippen molar-refractivity contribution in [2.45, 2.75) is 43.8 Å². The maximum Gasteiger partial charge on any atom is 0.280 e. The summed E-state index contributed by atoms with van der Waals surface area (Å²) < 4.78 is 32.6. The first-order chi connectivity index (χ1) is 21.4. The first kappa shape index (κ1) is 29.5. The van der Waals surface area contributed by atoms with Gasteiger partial charge in [-0.1, -0.05) is 86.6 Å². The Morgan fingerprint density at radius 1 is 1.09 bits per heavy atom. The first-order valence-corrected chi connectivity index (χ1v) is 14.7. The van der Waals surface area contributed by atoms with Crippen LogP contribution in [0.3, 0.4) is 0 Å². The predicted molar refractivity (Wildman–Crippen MR) is 169 cm³/mol. The Kier molecular flexibility index (Phi) is 7.96. The number of fused-ring (bicyclic) bond motifs is 1. The molecule has 0 radical (unpaired) electrons. The maximum atomic E-state index is 15.9. The number of ether oxygens (including phenoxy) is 2. The van der Waals surface area contributed by atoms with Crippen LogP contribution in [0.4, 0.5) is 10.3 Å². The summed E-state index contributed by atoms with van der Waals surface area (Å²) in [5.74, 6) is 0.309. The van der Waals surface area contributed by atoms with Gasteiger partial charge in [0.05, 0.1) is 19.7 Å². The van der Waals surface area contributed by atoms with E-state index in [2.05, 4.69) is 19.8 Å². The summed E-state index contributed by atoms with van der Waals surface area (Å²) in [4.78, 5) is 25.4. The molecule has 5 aromatic rings. The average molecular weight is 615 g/mol. The standard InChI is InChI=1S/C33H32ClFN6O3/c1-4-32(19-37-34)21(2)26(35)30(44-32)41-20-36-27-28(41)38-31(39-29(27)42)40-33(22-11-7-5-8-12-22,23-13-9-6-10-14-23)24-15-17-25(43-3)18-16-24/h5-21,26,30H,4H2,1-3H3,(H2,38,39,40,42)/b37-19+/t21-,26+,30+,32-/m0/s1. The van der Waals surface area contributed by atoms with Crippen molar-refractivity contribution in [3.8, 4) is 5.75 Å². The van der Waals surface area contributed by atoms with Crippen LogP contribution in [-0.2, 0) is 10.3 Å². The van der Waals surface area contributed by atoms with E-state index in [-0.39, 0.29) is 17.1 Å². The van der Waals surface area contributed by atoms with Crippen LogP contribution in [0, 0.1) is 5.92 Å². The Hall–Kier alpha value is -4.54. The lowest BCUT2D eigenvalue weighted by Gasteiger charge is -2.37. The third-order valence-electron chi connectivity index (χ3n) is 8.63. The molecule has 3 aromatic carbocycles. The summed E-state index contributed by atoms with van der Waals surface area (Å²) in [5, 5.41) is 3.57. The Morgan fingerprint density at radius 2 is 1.70 bits per heavy atom. The summed E-state index contributed by atoms with van der Waals surface area (Å²) >= 11 is 5.68. The number of aromatic nitrogens is 4. The minimum atomic E-state index is -1.44. The lowest BCUT2D eigenvalue weighted by molar-refractivity contribution is -0.0465. The number of halogens is 2. The van der Waals surface area contributed by atoms with Gasteiger partial charge >= 0.3 is 0 Å². The fourth-order valence-corrected chi connectivity index (χ4v) is 6.30. The highest BCUT2D eigenvalue weighted by molar-refractivity contribution is 6.18. The van der Waals surface area contributed by atoms with E-state index in [0.717, 1.165) is 16.7 Å².